The first kappa shape index (κ1) is 33.6. The Morgan fingerprint density at radius 2 is 1.79 bits per heavy atom. The minimum absolute atomic E-state index is 0.0279. The van der Waals surface area contributed by atoms with Crippen molar-refractivity contribution in [2.24, 2.45) is 0 Å². The third kappa shape index (κ3) is 7.79. The van der Waals surface area contributed by atoms with Gasteiger partial charge in [-0.2, -0.15) is 0 Å². The van der Waals surface area contributed by atoms with Crippen molar-refractivity contribution in [2.45, 2.75) is 44.1 Å². The summed E-state index contributed by atoms with van der Waals surface area (Å²) in [4.78, 5) is 65.6. The molecule has 0 saturated carbocycles. The van der Waals surface area contributed by atoms with Gasteiger partial charge in [0.15, 0.2) is 5.82 Å². The average Bonchev–Trinajstić information content (AvgIpc) is 3.26. The Hall–Kier alpha value is -4.77. The molecule has 5 rings (SSSR count). The van der Waals surface area contributed by atoms with Crippen molar-refractivity contribution in [3.05, 3.63) is 52.8 Å². The van der Waals surface area contributed by atoms with E-state index in [2.05, 4.69) is 25.6 Å². The molecule has 2 aromatic rings. The second-order valence-electron chi connectivity index (χ2n) is 11.2. The quantitative estimate of drug-likeness (QED) is 0.121. The minimum atomic E-state index is -5.03. The molecule has 1 atom stereocenters. The van der Waals surface area contributed by atoms with Gasteiger partial charge in [0.2, 0.25) is 11.8 Å². The number of ether oxygens (including phenoxy) is 2. The number of carbonyl (C=O) groups is 5. The summed E-state index contributed by atoms with van der Waals surface area (Å²) in [5.74, 6) is -5.15. The fourth-order valence-corrected chi connectivity index (χ4v) is 5.76. The number of fused-ring (bicyclic) bond motifs is 1. The van der Waals surface area contributed by atoms with Crippen molar-refractivity contribution in [2.75, 3.05) is 50.4 Å². The van der Waals surface area contributed by atoms with Crippen LogP contribution in [0.25, 0.3) is 0 Å². The van der Waals surface area contributed by atoms with E-state index in [1.165, 1.54) is 6.07 Å². The molecule has 1 unspecified atom stereocenters. The van der Waals surface area contributed by atoms with Crippen LogP contribution in [-0.2, 0) is 14.3 Å². The van der Waals surface area contributed by atoms with Crippen LogP contribution in [-0.4, -0.2) is 97.2 Å². The van der Waals surface area contributed by atoms with E-state index in [9.17, 15) is 41.5 Å². The van der Waals surface area contributed by atoms with Gasteiger partial charge in [-0.1, -0.05) is 6.07 Å². The molecular formula is C30H32F4N6O7. The molecule has 3 aliphatic rings. The Labute approximate surface area is 265 Å². The zero-order valence-electron chi connectivity index (χ0n) is 25.0. The summed E-state index contributed by atoms with van der Waals surface area (Å²) in [6, 6.07) is 4.72. The topological polar surface area (TPSA) is 172 Å². The lowest BCUT2D eigenvalue weighted by Gasteiger charge is -2.32. The SMILES string of the molecule is Nc1cc(OC(F)(F)F)cc(C(=O)NC2CCN(CCOCCNc3cccc4c3C(=O)N(C3CCC(=O)NC3=O)C4=O)CC2)c1F. The largest absolute Gasteiger partial charge is 0.573 e. The highest BCUT2D eigenvalue weighted by atomic mass is 19.4. The second kappa shape index (κ2) is 13.9. The van der Waals surface area contributed by atoms with Gasteiger partial charge in [-0.05, 0) is 37.5 Å². The first-order valence-corrected chi connectivity index (χ1v) is 14.9. The lowest BCUT2D eigenvalue weighted by Crippen LogP contribution is -2.54. The number of nitrogen functional groups attached to an aromatic ring is 1. The molecule has 5 N–H and O–H groups in total. The lowest BCUT2D eigenvalue weighted by atomic mass is 10.0. The number of carbonyl (C=O) groups excluding carboxylic acids is 5. The Morgan fingerprint density at radius 1 is 1.04 bits per heavy atom. The predicted octanol–water partition coefficient (Wildman–Crippen LogP) is 2.03. The summed E-state index contributed by atoms with van der Waals surface area (Å²) in [5, 5.41) is 7.92. The van der Waals surface area contributed by atoms with Crippen molar-refractivity contribution in [1.82, 2.24) is 20.4 Å². The molecule has 17 heteroatoms. The van der Waals surface area contributed by atoms with Crippen molar-refractivity contribution >= 4 is 40.9 Å². The monoisotopic (exact) mass is 664 g/mol. The molecule has 13 nitrogen and oxygen atoms in total. The molecule has 0 aliphatic carbocycles. The van der Waals surface area contributed by atoms with Crippen LogP contribution in [0.3, 0.4) is 0 Å². The van der Waals surface area contributed by atoms with E-state index in [0.29, 0.717) is 63.4 Å². The number of benzene rings is 2. The minimum Gasteiger partial charge on any atom is -0.406 e. The highest BCUT2D eigenvalue weighted by Gasteiger charge is 2.45. The van der Waals surface area contributed by atoms with E-state index < -0.39 is 64.8 Å². The third-order valence-electron chi connectivity index (χ3n) is 8.06. The number of amides is 5. The van der Waals surface area contributed by atoms with Gasteiger partial charge in [-0.3, -0.25) is 34.2 Å². The van der Waals surface area contributed by atoms with E-state index in [-0.39, 0.29) is 36.6 Å². The Bertz CT molecular complexity index is 1580. The van der Waals surface area contributed by atoms with Gasteiger partial charge in [0, 0.05) is 50.4 Å². The maximum Gasteiger partial charge on any atom is 0.573 e. The van der Waals surface area contributed by atoms with Gasteiger partial charge in [0.25, 0.3) is 17.7 Å². The zero-order chi connectivity index (χ0) is 33.9. The van der Waals surface area contributed by atoms with E-state index in [0.717, 1.165) is 4.90 Å². The normalized spacial score (nSPS) is 19.1. The summed E-state index contributed by atoms with van der Waals surface area (Å²) >= 11 is 0. The van der Waals surface area contributed by atoms with Crippen LogP contribution in [0.5, 0.6) is 5.75 Å². The summed E-state index contributed by atoms with van der Waals surface area (Å²) < 4.78 is 61.6. The average molecular weight is 665 g/mol. The number of piperidine rings is 2. The smallest absolute Gasteiger partial charge is 0.406 e. The number of nitrogens with two attached hydrogens (primary N) is 1. The van der Waals surface area contributed by atoms with Crippen LogP contribution in [0, 0.1) is 5.82 Å². The molecule has 0 bridgehead atoms. The third-order valence-corrected chi connectivity index (χ3v) is 8.06. The number of rotatable bonds is 11. The van der Waals surface area contributed by atoms with Gasteiger partial charge in [0.05, 0.1) is 35.6 Å². The highest BCUT2D eigenvalue weighted by Crippen LogP contribution is 2.32. The molecular weight excluding hydrogens is 632 g/mol. The number of nitrogens with zero attached hydrogens (tertiary/aromatic N) is 2. The number of hydrogen-bond acceptors (Lipinski definition) is 10. The number of likely N-dealkylation sites (tertiary alicyclic amines) is 1. The molecule has 2 fully saturated rings. The van der Waals surface area contributed by atoms with Gasteiger partial charge in [-0.15, -0.1) is 13.2 Å². The first-order chi connectivity index (χ1) is 22.3. The summed E-state index contributed by atoms with van der Waals surface area (Å²) in [7, 11) is 0. The number of anilines is 2. The number of hydrogen-bond donors (Lipinski definition) is 4. The van der Waals surface area contributed by atoms with E-state index in [1.807, 2.05) is 0 Å². The molecule has 2 saturated heterocycles. The van der Waals surface area contributed by atoms with Crippen molar-refractivity contribution in [1.29, 1.82) is 0 Å². The Kier molecular flexibility index (Phi) is 9.95. The van der Waals surface area contributed by atoms with Gasteiger partial charge >= 0.3 is 6.36 Å². The van der Waals surface area contributed by atoms with Crippen LogP contribution < -0.4 is 26.4 Å². The standard InChI is InChI=1S/C30H32F4N6O7/c31-25-19(14-17(15-20(25)35)47-30(32,33)34)26(42)37-16-6-9-39(10-7-16)11-13-46-12-8-36-21-3-1-2-18-24(21)29(45)40(28(18)44)22-4-5-23(41)38-27(22)43/h1-3,14-16,22,36H,4-13,35H2,(H,37,42)(H,38,41,43). The fourth-order valence-electron chi connectivity index (χ4n) is 5.76. The Balaban J connectivity index is 1.03. The molecule has 5 amide bonds. The van der Waals surface area contributed by atoms with Crippen molar-refractivity contribution in [3.63, 3.8) is 0 Å². The van der Waals surface area contributed by atoms with E-state index in [4.69, 9.17) is 10.5 Å². The second-order valence-corrected chi connectivity index (χ2v) is 11.2. The molecule has 0 spiro atoms. The molecule has 3 heterocycles. The maximum absolute atomic E-state index is 14.4. The molecule has 252 valence electrons. The molecule has 0 aromatic heterocycles. The highest BCUT2D eigenvalue weighted by molar-refractivity contribution is 6.25. The lowest BCUT2D eigenvalue weighted by molar-refractivity contribution is -0.274. The summed E-state index contributed by atoms with van der Waals surface area (Å²) in [6.45, 7) is 2.73. The molecule has 47 heavy (non-hydrogen) atoms. The zero-order valence-corrected chi connectivity index (χ0v) is 25.0. The Morgan fingerprint density at radius 3 is 2.49 bits per heavy atom. The van der Waals surface area contributed by atoms with Crippen LogP contribution in [0.1, 0.15) is 56.8 Å². The van der Waals surface area contributed by atoms with Gasteiger partial charge in [-0.25, -0.2) is 4.39 Å². The maximum atomic E-state index is 14.4. The van der Waals surface area contributed by atoms with Gasteiger partial charge in [0.1, 0.15) is 11.8 Å². The molecule has 2 aromatic carbocycles. The van der Waals surface area contributed by atoms with Gasteiger partial charge < -0.3 is 30.7 Å². The van der Waals surface area contributed by atoms with Crippen molar-refractivity contribution in [3.8, 4) is 5.75 Å². The predicted molar refractivity (Wildman–Crippen MR) is 157 cm³/mol. The van der Waals surface area contributed by atoms with Crippen LogP contribution in [0.15, 0.2) is 30.3 Å². The van der Waals surface area contributed by atoms with Crippen LogP contribution >= 0.6 is 0 Å². The molecule has 3 aliphatic heterocycles. The van der Waals surface area contributed by atoms with Crippen molar-refractivity contribution < 1.29 is 51.0 Å². The van der Waals surface area contributed by atoms with E-state index >= 15 is 0 Å². The summed E-state index contributed by atoms with van der Waals surface area (Å²) in [6.07, 6.45) is -3.90. The number of imide groups is 2. The van der Waals surface area contributed by atoms with E-state index in [1.54, 1.807) is 12.1 Å². The fraction of sp³-hybridized carbons (Fsp3) is 0.433. The molecule has 0 radical (unpaired) electrons. The summed E-state index contributed by atoms with van der Waals surface area (Å²) in [5.41, 5.74) is 4.90. The number of alkyl halides is 3. The van der Waals surface area contributed by atoms with Crippen LogP contribution in [0.2, 0.25) is 0 Å². The number of halogens is 4. The number of nitrogens with one attached hydrogen (secondary N) is 3. The first-order valence-electron chi connectivity index (χ1n) is 14.9. The van der Waals surface area contributed by atoms with Crippen LogP contribution in [0.4, 0.5) is 28.9 Å².